The molecule has 156 valence electrons. The lowest BCUT2D eigenvalue weighted by molar-refractivity contribution is -0.141. The number of esters is 1. The SMILES string of the molecule is CCN1c2ccc(C(C)(C)C)cc2C[C@H](CCCOC(C)=O)[C@@H]1c1ccccc1. The highest BCUT2D eigenvalue weighted by atomic mass is 16.5. The molecule has 1 aliphatic heterocycles. The number of rotatable bonds is 6. The van der Waals surface area contributed by atoms with Crippen LogP contribution in [0.15, 0.2) is 48.5 Å². The Labute approximate surface area is 176 Å². The van der Waals surface area contributed by atoms with E-state index in [0.29, 0.717) is 18.6 Å². The molecule has 2 atom stereocenters. The van der Waals surface area contributed by atoms with E-state index in [0.717, 1.165) is 25.8 Å². The molecule has 3 nitrogen and oxygen atoms in total. The van der Waals surface area contributed by atoms with Crippen LogP contribution in [0.25, 0.3) is 0 Å². The van der Waals surface area contributed by atoms with E-state index in [2.05, 4.69) is 81.1 Å². The summed E-state index contributed by atoms with van der Waals surface area (Å²) in [6, 6.07) is 18.2. The van der Waals surface area contributed by atoms with Gasteiger partial charge in [0.2, 0.25) is 0 Å². The van der Waals surface area contributed by atoms with Crippen LogP contribution in [0.2, 0.25) is 0 Å². The standard InChI is InChI=1S/C26H35NO2/c1-6-27-24-15-14-23(26(3,4)5)18-22(24)17-21(13-10-16-29-19(2)28)25(27)20-11-8-7-9-12-20/h7-9,11-12,14-15,18,21,25H,6,10,13,16-17H2,1-5H3/t21-,25-/m0/s1. The van der Waals surface area contributed by atoms with Crippen molar-refractivity contribution < 1.29 is 9.53 Å². The Balaban J connectivity index is 1.95. The van der Waals surface area contributed by atoms with Gasteiger partial charge in [0.05, 0.1) is 12.6 Å². The third-order valence-electron chi connectivity index (χ3n) is 6.03. The fraction of sp³-hybridized carbons (Fsp3) is 0.500. The molecule has 0 spiro atoms. The molecule has 0 fully saturated rings. The van der Waals surface area contributed by atoms with Crippen LogP contribution in [0.5, 0.6) is 0 Å². The molecule has 1 aliphatic rings. The molecule has 0 aromatic heterocycles. The summed E-state index contributed by atoms with van der Waals surface area (Å²) in [5.74, 6) is 0.305. The molecule has 0 aliphatic carbocycles. The van der Waals surface area contributed by atoms with Gasteiger partial charge in [-0.3, -0.25) is 4.79 Å². The molecule has 0 N–H and O–H groups in total. The lowest BCUT2D eigenvalue weighted by atomic mass is 9.77. The fourth-order valence-electron chi connectivity index (χ4n) is 4.58. The second-order valence-corrected chi connectivity index (χ2v) is 9.18. The summed E-state index contributed by atoms with van der Waals surface area (Å²) in [4.78, 5) is 13.7. The molecule has 2 aromatic rings. The van der Waals surface area contributed by atoms with E-state index in [1.165, 1.54) is 29.3 Å². The van der Waals surface area contributed by atoms with E-state index in [1.54, 1.807) is 0 Å². The molecular weight excluding hydrogens is 358 g/mol. The molecule has 0 bridgehead atoms. The van der Waals surface area contributed by atoms with Crippen LogP contribution < -0.4 is 4.90 Å². The van der Waals surface area contributed by atoms with E-state index >= 15 is 0 Å². The topological polar surface area (TPSA) is 29.5 Å². The largest absolute Gasteiger partial charge is 0.466 e. The summed E-state index contributed by atoms with van der Waals surface area (Å²) < 4.78 is 5.21. The summed E-state index contributed by atoms with van der Waals surface area (Å²) in [6.07, 6.45) is 3.01. The average Bonchev–Trinajstić information content (AvgIpc) is 2.69. The maximum absolute atomic E-state index is 11.1. The number of carbonyl (C=O) groups is 1. The zero-order valence-corrected chi connectivity index (χ0v) is 18.6. The molecule has 1 heterocycles. The number of hydrogen-bond donors (Lipinski definition) is 0. The minimum atomic E-state index is -0.191. The molecule has 2 aromatic carbocycles. The van der Waals surface area contributed by atoms with Gasteiger partial charge in [0.25, 0.3) is 0 Å². The van der Waals surface area contributed by atoms with Crippen molar-refractivity contribution in [1.82, 2.24) is 0 Å². The number of hydrogen-bond acceptors (Lipinski definition) is 3. The highest BCUT2D eigenvalue weighted by Crippen LogP contribution is 2.44. The molecule has 0 saturated heterocycles. The first-order valence-corrected chi connectivity index (χ1v) is 10.9. The molecule has 0 saturated carbocycles. The predicted molar refractivity (Wildman–Crippen MR) is 120 cm³/mol. The summed E-state index contributed by atoms with van der Waals surface area (Å²) in [6.45, 7) is 12.0. The van der Waals surface area contributed by atoms with Gasteiger partial charge in [0.1, 0.15) is 0 Å². The van der Waals surface area contributed by atoms with Crippen LogP contribution in [-0.4, -0.2) is 19.1 Å². The van der Waals surface area contributed by atoms with Crippen molar-refractivity contribution in [1.29, 1.82) is 0 Å². The zero-order valence-electron chi connectivity index (χ0n) is 18.6. The molecule has 3 rings (SSSR count). The van der Waals surface area contributed by atoms with Crippen molar-refractivity contribution >= 4 is 11.7 Å². The third kappa shape index (κ3) is 5.01. The smallest absolute Gasteiger partial charge is 0.302 e. The van der Waals surface area contributed by atoms with Gasteiger partial charge in [-0.2, -0.15) is 0 Å². The Morgan fingerprint density at radius 2 is 1.86 bits per heavy atom. The predicted octanol–water partition coefficient (Wildman–Crippen LogP) is 6.07. The van der Waals surface area contributed by atoms with Gasteiger partial charge in [0.15, 0.2) is 0 Å². The van der Waals surface area contributed by atoms with Gasteiger partial charge in [-0.05, 0) is 60.3 Å². The van der Waals surface area contributed by atoms with Gasteiger partial charge in [-0.15, -0.1) is 0 Å². The summed E-state index contributed by atoms with van der Waals surface area (Å²) in [5, 5.41) is 0. The minimum Gasteiger partial charge on any atom is -0.466 e. The number of benzene rings is 2. The second-order valence-electron chi connectivity index (χ2n) is 9.18. The van der Waals surface area contributed by atoms with Crippen LogP contribution in [0, 0.1) is 5.92 Å². The number of anilines is 1. The summed E-state index contributed by atoms with van der Waals surface area (Å²) in [7, 11) is 0. The lowest BCUT2D eigenvalue weighted by Crippen LogP contribution is -2.39. The highest BCUT2D eigenvalue weighted by Gasteiger charge is 2.34. The first-order valence-electron chi connectivity index (χ1n) is 10.9. The van der Waals surface area contributed by atoms with E-state index in [4.69, 9.17) is 4.74 Å². The second kappa shape index (κ2) is 9.02. The van der Waals surface area contributed by atoms with E-state index in [9.17, 15) is 4.79 Å². The number of nitrogens with zero attached hydrogens (tertiary/aromatic N) is 1. The average molecular weight is 394 g/mol. The van der Waals surface area contributed by atoms with Crippen molar-refractivity contribution in [2.45, 2.75) is 65.3 Å². The molecule has 0 unspecified atom stereocenters. The summed E-state index contributed by atoms with van der Waals surface area (Å²) in [5.41, 5.74) is 5.73. The van der Waals surface area contributed by atoms with Crippen molar-refractivity contribution in [2.24, 2.45) is 5.92 Å². The fourth-order valence-corrected chi connectivity index (χ4v) is 4.58. The van der Waals surface area contributed by atoms with E-state index < -0.39 is 0 Å². The normalized spacial score (nSPS) is 19.0. The molecular formula is C26H35NO2. The van der Waals surface area contributed by atoms with Crippen molar-refractivity contribution in [3.05, 3.63) is 65.2 Å². The third-order valence-corrected chi connectivity index (χ3v) is 6.03. The lowest BCUT2D eigenvalue weighted by Gasteiger charge is -2.44. The first kappa shape index (κ1) is 21.4. The van der Waals surface area contributed by atoms with Crippen molar-refractivity contribution in [2.75, 3.05) is 18.1 Å². The molecule has 3 heteroatoms. The van der Waals surface area contributed by atoms with Gasteiger partial charge < -0.3 is 9.64 Å². The minimum absolute atomic E-state index is 0.146. The Bertz CT molecular complexity index is 822. The molecule has 0 radical (unpaired) electrons. The first-order chi connectivity index (χ1) is 13.8. The van der Waals surface area contributed by atoms with Crippen LogP contribution in [0.3, 0.4) is 0 Å². The van der Waals surface area contributed by atoms with Gasteiger partial charge in [0, 0.05) is 19.2 Å². The van der Waals surface area contributed by atoms with E-state index in [1.807, 2.05) is 0 Å². The number of ether oxygens (including phenoxy) is 1. The van der Waals surface area contributed by atoms with E-state index in [-0.39, 0.29) is 11.4 Å². The van der Waals surface area contributed by atoms with Crippen LogP contribution in [-0.2, 0) is 21.4 Å². The van der Waals surface area contributed by atoms with Gasteiger partial charge in [-0.25, -0.2) is 0 Å². The summed E-state index contributed by atoms with van der Waals surface area (Å²) >= 11 is 0. The Morgan fingerprint density at radius 1 is 1.14 bits per heavy atom. The maximum Gasteiger partial charge on any atom is 0.302 e. The Morgan fingerprint density at radius 3 is 2.48 bits per heavy atom. The van der Waals surface area contributed by atoms with Gasteiger partial charge >= 0.3 is 5.97 Å². The highest BCUT2D eigenvalue weighted by molar-refractivity contribution is 5.65. The number of carbonyl (C=O) groups excluding carboxylic acids is 1. The number of fused-ring (bicyclic) bond motifs is 1. The maximum atomic E-state index is 11.1. The van der Waals surface area contributed by atoms with Crippen molar-refractivity contribution in [3.8, 4) is 0 Å². The Kier molecular flexibility index (Phi) is 6.66. The molecule has 0 amide bonds. The van der Waals surface area contributed by atoms with Crippen LogP contribution >= 0.6 is 0 Å². The quantitative estimate of drug-likeness (QED) is 0.441. The van der Waals surface area contributed by atoms with Crippen molar-refractivity contribution in [3.63, 3.8) is 0 Å². The zero-order chi connectivity index (χ0) is 21.0. The van der Waals surface area contributed by atoms with Crippen LogP contribution in [0.4, 0.5) is 5.69 Å². The van der Waals surface area contributed by atoms with Gasteiger partial charge in [-0.1, -0.05) is 63.2 Å². The monoisotopic (exact) mass is 393 g/mol. The molecule has 29 heavy (non-hydrogen) atoms. The Hall–Kier alpha value is -2.29. The van der Waals surface area contributed by atoms with Crippen LogP contribution in [0.1, 0.15) is 70.2 Å².